The Morgan fingerprint density at radius 2 is 2.26 bits per heavy atom. The Bertz CT molecular complexity index is 646. The smallest absolute Gasteiger partial charge is 0.274 e. The molecule has 2 rings (SSSR count). The first-order chi connectivity index (χ1) is 9.06. The predicted octanol–water partition coefficient (Wildman–Crippen LogP) is -0.172. The maximum atomic E-state index is 12.0. The van der Waals surface area contributed by atoms with E-state index in [0.29, 0.717) is 18.1 Å². The van der Waals surface area contributed by atoms with Gasteiger partial charge >= 0.3 is 0 Å². The van der Waals surface area contributed by atoms with Crippen LogP contribution in [0.3, 0.4) is 0 Å². The molecule has 0 aliphatic heterocycles. The highest BCUT2D eigenvalue weighted by atomic mass is 32.2. The highest BCUT2D eigenvalue weighted by Gasteiger charge is 2.19. The number of rotatable bonds is 6. The summed E-state index contributed by atoms with van der Waals surface area (Å²) in [7, 11) is -3.70. The minimum absolute atomic E-state index is 0.0504. The highest BCUT2D eigenvalue weighted by molar-refractivity contribution is 7.89. The molecule has 0 unspecified atom stereocenters. The number of nitrogens with one attached hydrogen (secondary N) is 1. The maximum Gasteiger partial charge on any atom is 0.274 e. The van der Waals surface area contributed by atoms with E-state index in [0.717, 1.165) is 0 Å². The number of hydrogen-bond acceptors (Lipinski definition) is 6. The predicted molar refractivity (Wildman–Crippen MR) is 66.3 cm³/mol. The quantitative estimate of drug-likeness (QED) is 0.761. The van der Waals surface area contributed by atoms with Crippen LogP contribution in [0.4, 0.5) is 0 Å². The van der Waals surface area contributed by atoms with Crippen LogP contribution in [-0.2, 0) is 29.7 Å². The number of hydrogen-bond donors (Lipinski definition) is 2. The summed E-state index contributed by atoms with van der Waals surface area (Å²) in [5.74, 6) is 0.953. The largest absolute Gasteiger partial charge is 0.447 e. The molecule has 2 aromatic rings. The Balaban J connectivity index is 2.09. The van der Waals surface area contributed by atoms with Crippen molar-refractivity contribution in [1.82, 2.24) is 19.5 Å². The molecule has 2 heterocycles. The van der Waals surface area contributed by atoms with Gasteiger partial charge in [-0.25, -0.2) is 13.1 Å². The summed E-state index contributed by atoms with van der Waals surface area (Å²) < 4.78 is 33.2. The summed E-state index contributed by atoms with van der Waals surface area (Å²) >= 11 is 0. The summed E-state index contributed by atoms with van der Waals surface area (Å²) in [4.78, 5) is 0. The van der Waals surface area contributed by atoms with E-state index < -0.39 is 10.0 Å². The molecule has 0 aliphatic rings. The van der Waals surface area contributed by atoms with Crippen LogP contribution in [0.15, 0.2) is 28.0 Å². The SMILES string of the molecule is CCn1cnnc1CNS(=O)(=O)c1ccc(CN)o1. The van der Waals surface area contributed by atoms with Gasteiger partial charge in [-0.3, -0.25) is 0 Å². The molecule has 104 valence electrons. The first kappa shape index (κ1) is 13.7. The summed E-state index contributed by atoms with van der Waals surface area (Å²) in [6.07, 6.45) is 1.54. The van der Waals surface area contributed by atoms with Crippen LogP contribution in [-0.4, -0.2) is 23.2 Å². The van der Waals surface area contributed by atoms with Gasteiger partial charge < -0.3 is 14.7 Å². The molecule has 0 bridgehead atoms. The minimum Gasteiger partial charge on any atom is -0.447 e. The zero-order valence-corrected chi connectivity index (χ0v) is 11.2. The molecule has 2 aromatic heterocycles. The second-order valence-corrected chi connectivity index (χ2v) is 5.48. The molecule has 0 aromatic carbocycles. The van der Waals surface area contributed by atoms with E-state index in [1.807, 2.05) is 6.92 Å². The number of furan rings is 1. The highest BCUT2D eigenvalue weighted by Crippen LogP contribution is 2.13. The second-order valence-electron chi connectivity index (χ2n) is 3.78. The summed E-state index contributed by atoms with van der Waals surface area (Å²) in [6.45, 7) is 2.79. The maximum absolute atomic E-state index is 12.0. The van der Waals surface area contributed by atoms with Gasteiger partial charge in [-0.2, -0.15) is 0 Å². The van der Waals surface area contributed by atoms with Crippen molar-refractivity contribution in [3.63, 3.8) is 0 Å². The van der Waals surface area contributed by atoms with Crippen LogP contribution in [0, 0.1) is 0 Å². The van der Waals surface area contributed by atoms with Crippen molar-refractivity contribution < 1.29 is 12.8 Å². The molecule has 9 heteroatoms. The molecular weight excluding hydrogens is 270 g/mol. The molecule has 0 saturated carbocycles. The van der Waals surface area contributed by atoms with E-state index in [2.05, 4.69) is 14.9 Å². The van der Waals surface area contributed by atoms with Crippen LogP contribution in [0.2, 0.25) is 0 Å². The monoisotopic (exact) mass is 285 g/mol. The first-order valence-corrected chi connectivity index (χ1v) is 7.20. The van der Waals surface area contributed by atoms with Gasteiger partial charge in [-0.15, -0.1) is 10.2 Å². The normalized spacial score (nSPS) is 11.9. The fourth-order valence-corrected chi connectivity index (χ4v) is 2.45. The van der Waals surface area contributed by atoms with Crippen molar-refractivity contribution in [2.75, 3.05) is 0 Å². The fourth-order valence-electron chi connectivity index (χ4n) is 1.52. The van der Waals surface area contributed by atoms with Crippen molar-refractivity contribution in [2.45, 2.75) is 31.7 Å². The number of nitrogens with zero attached hydrogens (tertiary/aromatic N) is 3. The van der Waals surface area contributed by atoms with E-state index in [-0.39, 0.29) is 18.2 Å². The topological polar surface area (TPSA) is 116 Å². The van der Waals surface area contributed by atoms with Gasteiger partial charge in [0.05, 0.1) is 13.1 Å². The second kappa shape index (κ2) is 5.51. The molecule has 0 radical (unpaired) electrons. The van der Waals surface area contributed by atoms with Gasteiger partial charge in [-0.05, 0) is 19.1 Å². The Kier molecular flexibility index (Phi) is 3.98. The Hall–Kier alpha value is -1.71. The van der Waals surface area contributed by atoms with Gasteiger partial charge in [0, 0.05) is 6.54 Å². The van der Waals surface area contributed by atoms with E-state index in [1.165, 1.54) is 12.1 Å². The summed E-state index contributed by atoms with van der Waals surface area (Å²) in [5, 5.41) is 7.41. The molecular formula is C10H15N5O3S. The molecule has 0 spiro atoms. The average Bonchev–Trinajstić information content (AvgIpc) is 3.05. The summed E-state index contributed by atoms with van der Waals surface area (Å²) in [6, 6.07) is 2.90. The van der Waals surface area contributed by atoms with Crippen LogP contribution in [0.25, 0.3) is 0 Å². The third-order valence-electron chi connectivity index (χ3n) is 2.56. The lowest BCUT2D eigenvalue weighted by Gasteiger charge is -2.05. The fraction of sp³-hybridized carbons (Fsp3) is 0.400. The van der Waals surface area contributed by atoms with Crippen molar-refractivity contribution in [3.8, 4) is 0 Å². The average molecular weight is 285 g/mol. The summed E-state index contributed by atoms with van der Waals surface area (Å²) in [5.41, 5.74) is 5.36. The Morgan fingerprint density at radius 3 is 2.89 bits per heavy atom. The number of sulfonamides is 1. The van der Waals surface area contributed by atoms with Crippen molar-refractivity contribution in [1.29, 1.82) is 0 Å². The lowest BCUT2D eigenvalue weighted by molar-refractivity contribution is 0.412. The van der Waals surface area contributed by atoms with Crippen molar-refractivity contribution in [3.05, 3.63) is 30.0 Å². The molecule has 19 heavy (non-hydrogen) atoms. The molecule has 0 fully saturated rings. The number of aromatic nitrogens is 3. The van der Waals surface area contributed by atoms with Gasteiger partial charge in [0.15, 0.2) is 0 Å². The zero-order chi connectivity index (χ0) is 13.9. The van der Waals surface area contributed by atoms with Crippen LogP contribution in [0.1, 0.15) is 18.5 Å². The third kappa shape index (κ3) is 3.00. The number of aryl methyl sites for hydroxylation is 1. The molecule has 0 saturated heterocycles. The Morgan fingerprint density at radius 1 is 1.47 bits per heavy atom. The van der Waals surface area contributed by atoms with Crippen molar-refractivity contribution >= 4 is 10.0 Å². The van der Waals surface area contributed by atoms with E-state index in [9.17, 15) is 8.42 Å². The van der Waals surface area contributed by atoms with E-state index in [1.54, 1.807) is 10.9 Å². The van der Waals surface area contributed by atoms with Crippen molar-refractivity contribution in [2.24, 2.45) is 5.73 Å². The van der Waals surface area contributed by atoms with Gasteiger partial charge in [0.25, 0.3) is 10.0 Å². The standard InChI is InChI=1S/C10H15N5O3S/c1-2-15-7-12-14-9(15)6-13-19(16,17)10-4-3-8(5-11)18-10/h3-4,7,13H,2,5-6,11H2,1H3. The van der Waals surface area contributed by atoms with Crippen LogP contribution in [0.5, 0.6) is 0 Å². The Labute approximate surface area is 110 Å². The molecule has 8 nitrogen and oxygen atoms in total. The lowest BCUT2D eigenvalue weighted by Crippen LogP contribution is -2.24. The molecule has 0 amide bonds. The van der Waals surface area contributed by atoms with Crippen LogP contribution < -0.4 is 10.5 Å². The van der Waals surface area contributed by atoms with Crippen LogP contribution >= 0.6 is 0 Å². The number of nitrogens with two attached hydrogens (primary N) is 1. The molecule has 3 N–H and O–H groups in total. The minimum atomic E-state index is -3.70. The third-order valence-corrected chi connectivity index (χ3v) is 3.83. The van der Waals surface area contributed by atoms with Gasteiger partial charge in [-0.1, -0.05) is 0 Å². The zero-order valence-electron chi connectivity index (χ0n) is 10.4. The van der Waals surface area contributed by atoms with E-state index >= 15 is 0 Å². The molecule has 0 aliphatic carbocycles. The first-order valence-electron chi connectivity index (χ1n) is 5.72. The van der Waals surface area contributed by atoms with Gasteiger partial charge in [0.1, 0.15) is 17.9 Å². The molecule has 0 atom stereocenters. The van der Waals surface area contributed by atoms with E-state index in [4.69, 9.17) is 10.2 Å². The van der Waals surface area contributed by atoms with Gasteiger partial charge in [0.2, 0.25) is 5.09 Å². The lowest BCUT2D eigenvalue weighted by atomic mass is 10.5.